The second-order valence-corrected chi connectivity index (χ2v) is 6.15. The highest BCUT2D eigenvalue weighted by molar-refractivity contribution is 5.14. The molecule has 1 aliphatic rings. The molecule has 0 radical (unpaired) electrons. The summed E-state index contributed by atoms with van der Waals surface area (Å²) in [4.78, 5) is 2.54. The number of likely N-dealkylation sites (tertiary alicyclic amines) is 1. The maximum atomic E-state index is 4.39. The summed E-state index contributed by atoms with van der Waals surface area (Å²) in [7, 11) is 1.98. The van der Waals surface area contributed by atoms with Gasteiger partial charge in [-0.3, -0.25) is 9.58 Å². The summed E-state index contributed by atoms with van der Waals surface area (Å²) in [5.41, 5.74) is 3.87. The van der Waals surface area contributed by atoms with Crippen LogP contribution in [0.3, 0.4) is 0 Å². The van der Waals surface area contributed by atoms with Gasteiger partial charge in [-0.25, -0.2) is 0 Å². The minimum absolute atomic E-state index is 0.651. The third-order valence-corrected chi connectivity index (χ3v) is 4.04. The molecule has 1 N–H and O–H groups in total. The van der Waals surface area contributed by atoms with Crippen LogP contribution in [0.2, 0.25) is 0 Å². The molecule has 1 saturated heterocycles. The molecule has 0 saturated carbocycles. The van der Waals surface area contributed by atoms with E-state index < -0.39 is 0 Å². The van der Waals surface area contributed by atoms with Crippen molar-refractivity contribution in [1.82, 2.24) is 20.0 Å². The summed E-state index contributed by atoms with van der Waals surface area (Å²) in [5.74, 6) is 0. The number of piperidine rings is 1. The zero-order valence-electron chi connectivity index (χ0n) is 13.3. The van der Waals surface area contributed by atoms with Crippen LogP contribution in [0.25, 0.3) is 0 Å². The van der Waals surface area contributed by atoms with E-state index in [0.29, 0.717) is 6.04 Å². The van der Waals surface area contributed by atoms with Gasteiger partial charge in [-0.15, -0.1) is 0 Å². The molecule has 4 nitrogen and oxygen atoms in total. The zero-order valence-corrected chi connectivity index (χ0v) is 13.3. The Bertz CT molecular complexity index is 449. The van der Waals surface area contributed by atoms with Gasteiger partial charge in [0.15, 0.2) is 0 Å². The van der Waals surface area contributed by atoms with Crippen LogP contribution in [0.1, 0.15) is 37.9 Å². The number of hydrogen-bond donors (Lipinski definition) is 1. The molecule has 0 spiro atoms. The largest absolute Gasteiger partial charge is 0.310 e. The minimum atomic E-state index is 0.651. The second-order valence-electron chi connectivity index (χ2n) is 6.15. The van der Waals surface area contributed by atoms with Crippen molar-refractivity contribution in [2.45, 2.75) is 46.2 Å². The van der Waals surface area contributed by atoms with Crippen LogP contribution in [0.15, 0.2) is 17.8 Å². The quantitative estimate of drug-likeness (QED) is 0.837. The van der Waals surface area contributed by atoms with Crippen molar-refractivity contribution in [1.29, 1.82) is 0 Å². The van der Waals surface area contributed by atoms with E-state index in [-0.39, 0.29) is 0 Å². The second kappa shape index (κ2) is 7.04. The van der Waals surface area contributed by atoms with Crippen LogP contribution in [-0.4, -0.2) is 40.4 Å². The predicted octanol–water partition coefficient (Wildman–Crippen LogP) is 2.25. The number of nitrogens with one attached hydrogen (secondary N) is 1. The molecule has 0 aliphatic carbocycles. The highest BCUT2D eigenvalue weighted by atomic mass is 15.3. The van der Waals surface area contributed by atoms with Gasteiger partial charge in [0.1, 0.15) is 0 Å². The lowest BCUT2D eigenvalue weighted by atomic mass is 10.0. The molecule has 2 rings (SSSR count). The number of hydrogen-bond acceptors (Lipinski definition) is 3. The molecule has 1 aromatic heterocycles. The van der Waals surface area contributed by atoms with Crippen molar-refractivity contribution in [2.75, 3.05) is 19.6 Å². The molecular weight excluding hydrogens is 248 g/mol. The first-order valence-electron chi connectivity index (χ1n) is 7.63. The third kappa shape index (κ3) is 4.46. The van der Waals surface area contributed by atoms with Gasteiger partial charge >= 0.3 is 0 Å². The Kier molecular flexibility index (Phi) is 5.38. The van der Waals surface area contributed by atoms with Crippen LogP contribution in [0.4, 0.5) is 0 Å². The fourth-order valence-electron chi connectivity index (χ4n) is 2.71. The van der Waals surface area contributed by atoms with Gasteiger partial charge in [-0.05, 0) is 46.7 Å². The summed E-state index contributed by atoms with van der Waals surface area (Å²) >= 11 is 0. The highest BCUT2D eigenvalue weighted by Gasteiger charge is 2.18. The van der Waals surface area contributed by atoms with Gasteiger partial charge in [0, 0.05) is 37.9 Å². The lowest BCUT2D eigenvalue weighted by molar-refractivity contribution is 0.214. The number of aryl methyl sites for hydroxylation is 2. The summed E-state index contributed by atoms with van der Waals surface area (Å²) in [6, 6.07) is 0.651. The maximum absolute atomic E-state index is 4.39. The van der Waals surface area contributed by atoms with E-state index in [1.165, 1.54) is 37.1 Å². The Morgan fingerprint density at radius 1 is 1.40 bits per heavy atom. The summed E-state index contributed by atoms with van der Waals surface area (Å²) in [5, 5.41) is 8.07. The highest BCUT2D eigenvalue weighted by Crippen LogP contribution is 2.12. The van der Waals surface area contributed by atoms with Crippen molar-refractivity contribution in [3.8, 4) is 0 Å². The van der Waals surface area contributed by atoms with Crippen LogP contribution < -0.4 is 5.32 Å². The molecule has 0 amide bonds. The van der Waals surface area contributed by atoms with Gasteiger partial charge in [0.25, 0.3) is 0 Å². The molecular formula is C16H28N4. The lowest BCUT2D eigenvalue weighted by Gasteiger charge is -2.31. The van der Waals surface area contributed by atoms with Crippen LogP contribution >= 0.6 is 0 Å². The van der Waals surface area contributed by atoms with Crippen molar-refractivity contribution < 1.29 is 0 Å². The fraction of sp³-hybridized carbons (Fsp3) is 0.688. The van der Waals surface area contributed by atoms with Crippen molar-refractivity contribution in [3.63, 3.8) is 0 Å². The smallest absolute Gasteiger partial charge is 0.0638 e. The molecule has 1 fully saturated rings. The average Bonchev–Trinajstić information content (AvgIpc) is 2.73. The van der Waals surface area contributed by atoms with E-state index in [4.69, 9.17) is 0 Å². The first-order chi connectivity index (χ1) is 9.54. The number of rotatable bonds is 5. The SMILES string of the molecule is CC(C)=CCN1CCC(NCc2cn(C)nc2C)CC1. The monoisotopic (exact) mass is 276 g/mol. The van der Waals surface area contributed by atoms with E-state index in [0.717, 1.165) is 18.8 Å². The van der Waals surface area contributed by atoms with Crippen LogP contribution in [0.5, 0.6) is 0 Å². The van der Waals surface area contributed by atoms with Gasteiger partial charge in [0.2, 0.25) is 0 Å². The van der Waals surface area contributed by atoms with Crippen LogP contribution in [0, 0.1) is 6.92 Å². The van der Waals surface area contributed by atoms with E-state index in [2.05, 4.69) is 48.4 Å². The Balaban J connectivity index is 1.72. The Morgan fingerprint density at radius 2 is 2.10 bits per heavy atom. The van der Waals surface area contributed by atoms with Crippen molar-refractivity contribution in [3.05, 3.63) is 29.1 Å². The molecule has 1 aromatic rings. The molecule has 2 heterocycles. The zero-order chi connectivity index (χ0) is 14.5. The van der Waals surface area contributed by atoms with Crippen LogP contribution in [-0.2, 0) is 13.6 Å². The maximum Gasteiger partial charge on any atom is 0.0638 e. The Labute approximate surface area is 122 Å². The standard InChI is InChI=1S/C16H28N4/c1-13(2)5-8-20-9-6-16(7-10-20)17-11-15-12-19(4)18-14(15)3/h5,12,16-17H,6-11H2,1-4H3. The van der Waals surface area contributed by atoms with Crippen molar-refractivity contribution in [2.24, 2.45) is 7.05 Å². The van der Waals surface area contributed by atoms with Gasteiger partial charge in [-0.1, -0.05) is 11.6 Å². The van der Waals surface area contributed by atoms with Gasteiger partial charge in [-0.2, -0.15) is 5.10 Å². The van der Waals surface area contributed by atoms with Crippen molar-refractivity contribution >= 4 is 0 Å². The Morgan fingerprint density at radius 3 is 2.65 bits per heavy atom. The first kappa shape index (κ1) is 15.3. The summed E-state index contributed by atoms with van der Waals surface area (Å²) < 4.78 is 1.90. The predicted molar refractivity (Wildman–Crippen MR) is 83.7 cm³/mol. The molecule has 1 aliphatic heterocycles. The fourth-order valence-corrected chi connectivity index (χ4v) is 2.71. The van der Waals surface area contributed by atoms with Gasteiger partial charge < -0.3 is 5.32 Å². The topological polar surface area (TPSA) is 33.1 Å². The molecule has 0 aromatic carbocycles. The molecule has 112 valence electrons. The molecule has 0 bridgehead atoms. The first-order valence-corrected chi connectivity index (χ1v) is 7.63. The average molecular weight is 276 g/mol. The number of allylic oxidation sites excluding steroid dienone is 1. The van der Waals surface area contributed by atoms with E-state index in [1.807, 2.05) is 11.7 Å². The minimum Gasteiger partial charge on any atom is -0.310 e. The lowest BCUT2D eigenvalue weighted by Crippen LogP contribution is -2.42. The summed E-state index contributed by atoms with van der Waals surface area (Å²) in [6.07, 6.45) is 6.94. The summed E-state index contributed by atoms with van der Waals surface area (Å²) in [6.45, 7) is 10.9. The van der Waals surface area contributed by atoms with Gasteiger partial charge in [0.05, 0.1) is 5.69 Å². The van der Waals surface area contributed by atoms with E-state index in [1.54, 1.807) is 0 Å². The number of aromatic nitrogens is 2. The molecule has 0 unspecified atom stereocenters. The molecule has 4 heteroatoms. The third-order valence-electron chi connectivity index (χ3n) is 4.04. The Hall–Kier alpha value is -1.13. The normalized spacial score (nSPS) is 17.4. The molecule has 0 atom stereocenters. The van der Waals surface area contributed by atoms with E-state index >= 15 is 0 Å². The molecule has 20 heavy (non-hydrogen) atoms. The van der Waals surface area contributed by atoms with E-state index in [9.17, 15) is 0 Å². The number of nitrogens with zero attached hydrogens (tertiary/aromatic N) is 3.